The molecule has 0 spiro atoms. The molecule has 3 heterocycles. The summed E-state index contributed by atoms with van der Waals surface area (Å²) in [6, 6.07) is 0. The van der Waals surface area contributed by atoms with E-state index in [1.165, 1.54) is 18.1 Å². The van der Waals surface area contributed by atoms with Crippen LogP contribution < -0.4 is 5.56 Å². The lowest BCUT2D eigenvalue weighted by Gasteiger charge is -2.24. The molecule has 2 atom stereocenters. The van der Waals surface area contributed by atoms with Gasteiger partial charge >= 0.3 is 0 Å². The van der Waals surface area contributed by atoms with Crippen molar-refractivity contribution >= 4 is 22.8 Å². The number of rotatable bonds is 4. The third-order valence-electron chi connectivity index (χ3n) is 3.89. The monoisotopic (exact) mass is 310 g/mol. The molecule has 1 aliphatic heterocycles. The highest BCUT2D eigenvalue weighted by atomic mass is 32.2. The third-order valence-corrected chi connectivity index (χ3v) is 4.67. The molecule has 0 bridgehead atoms. The molecule has 0 aromatic carbocycles. The molecule has 0 amide bonds. The highest BCUT2D eigenvalue weighted by Crippen LogP contribution is 2.27. The number of nitrogens with one attached hydrogen (secondary N) is 2. The van der Waals surface area contributed by atoms with Crippen LogP contribution in [-0.2, 0) is 6.54 Å². The van der Waals surface area contributed by atoms with E-state index in [1.807, 2.05) is 11.2 Å². The van der Waals surface area contributed by atoms with Gasteiger partial charge in [-0.15, -0.1) is 0 Å². The Kier molecular flexibility index (Phi) is 3.78. The first-order valence-electron chi connectivity index (χ1n) is 6.69. The second kappa shape index (κ2) is 5.45. The van der Waals surface area contributed by atoms with Crippen molar-refractivity contribution in [3.05, 3.63) is 28.4 Å². The van der Waals surface area contributed by atoms with Crippen molar-refractivity contribution in [1.29, 1.82) is 0 Å². The summed E-state index contributed by atoms with van der Waals surface area (Å²) in [6.07, 6.45) is 4.28. The summed E-state index contributed by atoms with van der Waals surface area (Å²) in [4.78, 5) is 23.3. The summed E-state index contributed by atoms with van der Waals surface area (Å²) >= 11 is 1.52. The summed E-state index contributed by atoms with van der Waals surface area (Å²) in [7, 11) is 0. The lowest BCUT2D eigenvalue weighted by atomic mass is 10.0. The van der Waals surface area contributed by atoms with Crippen molar-refractivity contribution in [3.63, 3.8) is 0 Å². The first kappa shape index (κ1) is 14.6. The molecule has 2 aromatic heterocycles. The number of nitrogens with zero attached hydrogens (tertiary/aromatic N) is 2. The van der Waals surface area contributed by atoms with Crippen LogP contribution >= 0.6 is 11.8 Å². The smallest absolute Gasteiger partial charge is 0.275 e. The van der Waals surface area contributed by atoms with Gasteiger partial charge in [-0.2, -0.15) is 11.8 Å². The maximum absolute atomic E-state index is 11.6. The molecule has 1 saturated heterocycles. The molecule has 1 fully saturated rings. The van der Waals surface area contributed by atoms with Gasteiger partial charge in [0.2, 0.25) is 0 Å². The number of hydrogen-bond acceptors (Lipinski definition) is 6. The van der Waals surface area contributed by atoms with Gasteiger partial charge in [-0.25, -0.2) is 4.98 Å². The van der Waals surface area contributed by atoms with Gasteiger partial charge in [-0.3, -0.25) is 9.69 Å². The van der Waals surface area contributed by atoms with Gasteiger partial charge in [0.15, 0.2) is 0 Å². The number of thioether (sulfide) groups is 1. The zero-order valence-electron chi connectivity index (χ0n) is 11.7. The molecule has 114 valence electrons. The predicted octanol–water partition coefficient (Wildman–Crippen LogP) is -0.478. The zero-order valence-corrected chi connectivity index (χ0v) is 12.5. The van der Waals surface area contributed by atoms with E-state index in [4.69, 9.17) is 0 Å². The Morgan fingerprint density at radius 2 is 2.38 bits per heavy atom. The van der Waals surface area contributed by atoms with Crippen LogP contribution in [0.25, 0.3) is 11.0 Å². The number of likely N-dealkylation sites (tertiary alicyclic amines) is 1. The van der Waals surface area contributed by atoms with Crippen molar-refractivity contribution in [1.82, 2.24) is 19.9 Å². The van der Waals surface area contributed by atoms with E-state index in [-0.39, 0.29) is 5.56 Å². The van der Waals surface area contributed by atoms with Crippen LogP contribution in [0.15, 0.2) is 17.3 Å². The van der Waals surface area contributed by atoms with Gasteiger partial charge in [-0.05, 0) is 6.26 Å². The van der Waals surface area contributed by atoms with Gasteiger partial charge < -0.3 is 20.2 Å². The summed E-state index contributed by atoms with van der Waals surface area (Å²) in [5.41, 5.74) is 0.694. The molecule has 2 aromatic rings. The Bertz CT molecular complexity index is 700. The summed E-state index contributed by atoms with van der Waals surface area (Å²) in [6.45, 7) is 1.35. The van der Waals surface area contributed by atoms with Crippen molar-refractivity contribution in [2.24, 2.45) is 0 Å². The van der Waals surface area contributed by atoms with E-state index in [0.29, 0.717) is 36.4 Å². The molecule has 8 heteroatoms. The van der Waals surface area contributed by atoms with E-state index < -0.39 is 11.7 Å². The average Bonchev–Trinajstić information content (AvgIpc) is 2.94. The maximum atomic E-state index is 11.6. The van der Waals surface area contributed by atoms with Crippen molar-refractivity contribution in [3.8, 4) is 0 Å². The molecule has 4 N–H and O–H groups in total. The molecular formula is C13H18N4O3S. The standard InChI is InChI=1S/C13H18N4O3S/c1-21-6-13(20)5-17(4-9(13)18)3-8-2-14-11-10(8)15-7-16-12(11)19/h2,7,9,14,18,20H,3-6H2,1H3,(H,15,16,19)/t9?,13-/m0/s1. The van der Waals surface area contributed by atoms with Crippen molar-refractivity contribution in [2.45, 2.75) is 18.2 Å². The minimum atomic E-state index is -1.07. The minimum Gasteiger partial charge on any atom is -0.389 e. The van der Waals surface area contributed by atoms with Gasteiger partial charge in [0, 0.05) is 37.1 Å². The van der Waals surface area contributed by atoms with E-state index in [2.05, 4.69) is 15.0 Å². The highest BCUT2D eigenvalue weighted by molar-refractivity contribution is 7.98. The number of aromatic nitrogens is 3. The molecule has 21 heavy (non-hydrogen) atoms. The molecule has 0 radical (unpaired) electrons. The van der Waals surface area contributed by atoms with Gasteiger partial charge in [0.1, 0.15) is 11.1 Å². The van der Waals surface area contributed by atoms with Crippen molar-refractivity contribution < 1.29 is 10.2 Å². The molecule has 1 unspecified atom stereocenters. The number of aliphatic hydroxyl groups is 2. The maximum Gasteiger partial charge on any atom is 0.275 e. The average molecular weight is 310 g/mol. The molecule has 0 aliphatic carbocycles. The van der Waals surface area contributed by atoms with Crippen molar-refractivity contribution in [2.75, 3.05) is 25.1 Å². The normalized spacial score (nSPS) is 26.7. The number of fused-ring (bicyclic) bond motifs is 1. The first-order valence-corrected chi connectivity index (χ1v) is 8.08. The van der Waals surface area contributed by atoms with E-state index >= 15 is 0 Å². The van der Waals surface area contributed by atoms with Crippen LogP contribution in [0.5, 0.6) is 0 Å². The Balaban J connectivity index is 1.81. The van der Waals surface area contributed by atoms with Gasteiger partial charge in [0.05, 0.1) is 17.9 Å². The second-order valence-corrected chi connectivity index (χ2v) is 6.36. The van der Waals surface area contributed by atoms with Crippen LogP contribution in [0.4, 0.5) is 0 Å². The molecule has 7 nitrogen and oxygen atoms in total. The summed E-state index contributed by atoms with van der Waals surface area (Å²) < 4.78 is 0. The van der Waals surface area contributed by atoms with E-state index in [0.717, 1.165) is 5.56 Å². The number of H-pyrrole nitrogens is 2. The molecule has 3 rings (SSSR count). The Hall–Kier alpha value is -1.35. The number of aliphatic hydroxyl groups excluding tert-OH is 1. The predicted molar refractivity (Wildman–Crippen MR) is 81.3 cm³/mol. The molecular weight excluding hydrogens is 292 g/mol. The highest BCUT2D eigenvalue weighted by Gasteiger charge is 2.43. The Morgan fingerprint density at radius 1 is 1.57 bits per heavy atom. The third kappa shape index (κ3) is 2.59. The number of β-amino-alcohol motifs (C(OH)–C–C–N with tert-alkyl or cyclic N) is 2. The van der Waals surface area contributed by atoms with Crippen LogP contribution in [-0.4, -0.2) is 66.9 Å². The lowest BCUT2D eigenvalue weighted by molar-refractivity contribution is -0.0216. The SMILES string of the molecule is CSC[C@@]1(O)CN(Cc2c[nH]c3c(=O)[nH]cnc23)CC1O. The van der Waals surface area contributed by atoms with Crippen LogP contribution in [0.2, 0.25) is 0 Å². The molecule has 0 saturated carbocycles. The van der Waals surface area contributed by atoms with Crippen LogP contribution in [0, 0.1) is 0 Å². The van der Waals surface area contributed by atoms with Crippen LogP contribution in [0.1, 0.15) is 5.56 Å². The fraction of sp³-hybridized carbons (Fsp3) is 0.538. The summed E-state index contributed by atoms with van der Waals surface area (Å²) in [5.74, 6) is 0.496. The first-order chi connectivity index (χ1) is 10.0. The van der Waals surface area contributed by atoms with E-state index in [1.54, 1.807) is 6.20 Å². The topological polar surface area (TPSA) is 105 Å². The van der Waals surface area contributed by atoms with Gasteiger partial charge in [-0.1, -0.05) is 0 Å². The second-order valence-electron chi connectivity index (χ2n) is 5.49. The Morgan fingerprint density at radius 3 is 3.14 bits per heavy atom. The Labute approximate surface area is 125 Å². The quantitative estimate of drug-likeness (QED) is 0.608. The minimum absolute atomic E-state index is 0.202. The largest absolute Gasteiger partial charge is 0.389 e. The number of aromatic amines is 2. The van der Waals surface area contributed by atoms with Crippen LogP contribution in [0.3, 0.4) is 0 Å². The zero-order chi connectivity index (χ0) is 15.0. The van der Waals surface area contributed by atoms with E-state index in [9.17, 15) is 15.0 Å². The molecule has 1 aliphatic rings. The van der Waals surface area contributed by atoms with Gasteiger partial charge in [0.25, 0.3) is 5.56 Å². The fourth-order valence-electron chi connectivity index (χ4n) is 2.85. The lowest BCUT2D eigenvalue weighted by Crippen LogP contribution is -2.44. The number of hydrogen-bond donors (Lipinski definition) is 4. The summed E-state index contributed by atoms with van der Waals surface area (Å²) in [5, 5.41) is 20.5. The fourth-order valence-corrected chi connectivity index (χ4v) is 3.63.